The average molecular weight is 410 g/mol. The first kappa shape index (κ1) is 16.5. The topological polar surface area (TPSA) is 91.4 Å². The van der Waals surface area contributed by atoms with Crippen LogP contribution in [0, 0.1) is 0 Å². The van der Waals surface area contributed by atoms with Gasteiger partial charge in [-0.25, -0.2) is 9.97 Å². The Bertz CT molecular complexity index is 1020. The summed E-state index contributed by atoms with van der Waals surface area (Å²) in [7, 11) is 0. The lowest BCUT2D eigenvalue weighted by molar-refractivity contribution is 0.949. The SMILES string of the molecule is Brc1cnc(Nc2ccc3[nH]cnc3c2)nc1NCCc1ccccn1. The Hall–Kier alpha value is -3.00. The quantitative estimate of drug-likeness (QED) is 0.447. The maximum absolute atomic E-state index is 4.54. The molecule has 0 amide bonds. The molecule has 0 saturated carbocycles. The first-order valence-electron chi connectivity index (χ1n) is 8.14. The van der Waals surface area contributed by atoms with Crippen LogP contribution in [0.3, 0.4) is 0 Å². The van der Waals surface area contributed by atoms with Crippen molar-refractivity contribution >= 4 is 44.4 Å². The van der Waals surface area contributed by atoms with Gasteiger partial charge in [0.1, 0.15) is 5.82 Å². The number of nitrogens with zero attached hydrogens (tertiary/aromatic N) is 4. The summed E-state index contributed by atoms with van der Waals surface area (Å²) in [5.74, 6) is 1.25. The third-order valence-corrected chi connectivity index (χ3v) is 4.40. The predicted molar refractivity (Wildman–Crippen MR) is 106 cm³/mol. The summed E-state index contributed by atoms with van der Waals surface area (Å²) >= 11 is 3.48. The number of benzene rings is 1. The van der Waals surface area contributed by atoms with Gasteiger partial charge in [0.2, 0.25) is 5.95 Å². The van der Waals surface area contributed by atoms with E-state index in [1.165, 1.54) is 0 Å². The summed E-state index contributed by atoms with van der Waals surface area (Å²) in [6.07, 6.45) is 6.02. The number of pyridine rings is 1. The first-order chi connectivity index (χ1) is 12.8. The number of rotatable bonds is 6. The maximum atomic E-state index is 4.54. The average Bonchev–Trinajstić information content (AvgIpc) is 3.13. The Morgan fingerprint density at radius 2 is 2.04 bits per heavy atom. The van der Waals surface area contributed by atoms with Crippen LogP contribution in [-0.2, 0) is 6.42 Å². The van der Waals surface area contributed by atoms with E-state index in [0.29, 0.717) is 5.95 Å². The van der Waals surface area contributed by atoms with Crippen LogP contribution < -0.4 is 10.6 Å². The highest BCUT2D eigenvalue weighted by Crippen LogP contribution is 2.23. The first-order valence-corrected chi connectivity index (χ1v) is 8.94. The lowest BCUT2D eigenvalue weighted by Crippen LogP contribution is -2.09. The molecule has 0 bridgehead atoms. The van der Waals surface area contributed by atoms with Crippen LogP contribution in [0.4, 0.5) is 17.5 Å². The number of anilines is 3. The highest BCUT2D eigenvalue weighted by Gasteiger charge is 2.06. The zero-order chi connectivity index (χ0) is 17.8. The molecule has 3 aromatic heterocycles. The minimum atomic E-state index is 0.517. The number of imidazole rings is 1. The van der Waals surface area contributed by atoms with E-state index in [-0.39, 0.29) is 0 Å². The van der Waals surface area contributed by atoms with Crippen molar-refractivity contribution in [3.05, 3.63) is 65.3 Å². The minimum absolute atomic E-state index is 0.517. The predicted octanol–water partition coefficient (Wildman–Crippen LogP) is 3.91. The molecule has 0 atom stereocenters. The highest BCUT2D eigenvalue weighted by molar-refractivity contribution is 9.10. The second-order valence-electron chi connectivity index (χ2n) is 5.65. The van der Waals surface area contributed by atoms with Gasteiger partial charge in [-0.15, -0.1) is 0 Å². The van der Waals surface area contributed by atoms with Crippen molar-refractivity contribution in [3.63, 3.8) is 0 Å². The normalized spacial score (nSPS) is 10.8. The maximum Gasteiger partial charge on any atom is 0.229 e. The van der Waals surface area contributed by atoms with Crippen molar-refractivity contribution < 1.29 is 0 Å². The molecule has 7 nitrogen and oxygen atoms in total. The Morgan fingerprint density at radius 3 is 2.92 bits per heavy atom. The number of fused-ring (bicyclic) bond motifs is 1. The number of aromatic nitrogens is 5. The van der Waals surface area contributed by atoms with E-state index >= 15 is 0 Å². The molecule has 0 saturated heterocycles. The molecule has 0 aliphatic rings. The number of halogens is 1. The molecular weight excluding hydrogens is 394 g/mol. The van der Waals surface area contributed by atoms with E-state index in [1.807, 2.05) is 36.4 Å². The molecule has 0 spiro atoms. The smallest absolute Gasteiger partial charge is 0.229 e. The van der Waals surface area contributed by atoms with E-state index in [0.717, 1.165) is 45.7 Å². The van der Waals surface area contributed by atoms with Gasteiger partial charge >= 0.3 is 0 Å². The van der Waals surface area contributed by atoms with Gasteiger partial charge in [0.25, 0.3) is 0 Å². The fourth-order valence-corrected chi connectivity index (χ4v) is 2.88. The molecular formula is C18H16BrN7. The van der Waals surface area contributed by atoms with Crippen molar-refractivity contribution in [2.75, 3.05) is 17.2 Å². The van der Waals surface area contributed by atoms with Crippen molar-refractivity contribution in [1.82, 2.24) is 24.9 Å². The standard InChI is InChI=1S/C18H16BrN7/c19-14-10-22-18(25-13-4-5-15-16(9-13)24-11-23-15)26-17(14)21-8-6-12-3-1-2-7-20-12/h1-5,7,9-11H,6,8H2,(H,23,24)(H2,21,22,25,26). The zero-order valence-corrected chi connectivity index (χ0v) is 15.4. The molecule has 4 rings (SSSR count). The molecule has 0 aliphatic heterocycles. The third-order valence-electron chi connectivity index (χ3n) is 3.82. The van der Waals surface area contributed by atoms with Gasteiger partial charge in [-0.05, 0) is 46.3 Å². The summed E-state index contributed by atoms with van der Waals surface area (Å²) in [6, 6.07) is 11.8. The second kappa shape index (κ2) is 7.49. The number of hydrogen-bond donors (Lipinski definition) is 3. The van der Waals surface area contributed by atoms with Gasteiger partial charge in [0.15, 0.2) is 0 Å². The molecule has 8 heteroatoms. The van der Waals surface area contributed by atoms with E-state index in [1.54, 1.807) is 18.7 Å². The van der Waals surface area contributed by atoms with Crippen LogP contribution in [0.25, 0.3) is 11.0 Å². The Labute approximate surface area is 158 Å². The molecule has 0 aliphatic carbocycles. The van der Waals surface area contributed by atoms with Gasteiger partial charge in [-0.2, -0.15) is 4.98 Å². The number of aromatic amines is 1. The minimum Gasteiger partial charge on any atom is -0.369 e. The summed E-state index contributed by atoms with van der Waals surface area (Å²) < 4.78 is 0.812. The van der Waals surface area contributed by atoms with Crippen LogP contribution in [0.15, 0.2) is 59.6 Å². The van der Waals surface area contributed by atoms with Gasteiger partial charge in [0, 0.05) is 36.7 Å². The van der Waals surface area contributed by atoms with Crippen LogP contribution in [0.5, 0.6) is 0 Å². The molecule has 0 radical (unpaired) electrons. The van der Waals surface area contributed by atoms with E-state index in [4.69, 9.17) is 0 Å². The fourth-order valence-electron chi connectivity index (χ4n) is 2.55. The molecule has 4 aromatic rings. The van der Waals surface area contributed by atoms with Crippen molar-refractivity contribution in [3.8, 4) is 0 Å². The number of H-pyrrole nitrogens is 1. The molecule has 1 aromatic carbocycles. The van der Waals surface area contributed by atoms with Gasteiger partial charge < -0.3 is 15.6 Å². The molecule has 26 heavy (non-hydrogen) atoms. The van der Waals surface area contributed by atoms with E-state index in [9.17, 15) is 0 Å². The van der Waals surface area contributed by atoms with Crippen molar-refractivity contribution in [1.29, 1.82) is 0 Å². The third kappa shape index (κ3) is 3.80. The molecule has 0 fully saturated rings. The summed E-state index contributed by atoms with van der Waals surface area (Å²) in [5, 5.41) is 6.53. The van der Waals surface area contributed by atoms with Crippen molar-refractivity contribution in [2.45, 2.75) is 6.42 Å². The number of nitrogens with one attached hydrogen (secondary N) is 3. The van der Waals surface area contributed by atoms with Crippen molar-refractivity contribution in [2.24, 2.45) is 0 Å². The van der Waals surface area contributed by atoms with Gasteiger partial charge in [-0.1, -0.05) is 6.07 Å². The highest BCUT2D eigenvalue weighted by atomic mass is 79.9. The lowest BCUT2D eigenvalue weighted by atomic mass is 10.3. The fraction of sp³-hybridized carbons (Fsp3) is 0.111. The molecule has 3 heterocycles. The summed E-state index contributed by atoms with van der Waals surface area (Å²) in [4.78, 5) is 20.5. The van der Waals surface area contributed by atoms with Crippen LogP contribution >= 0.6 is 15.9 Å². The van der Waals surface area contributed by atoms with Crippen LogP contribution in [-0.4, -0.2) is 31.5 Å². The Balaban J connectivity index is 1.45. The van der Waals surface area contributed by atoms with Gasteiger partial charge in [-0.3, -0.25) is 4.98 Å². The molecule has 130 valence electrons. The number of hydrogen-bond acceptors (Lipinski definition) is 6. The van der Waals surface area contributed by atoms with Crippen LogP contribution in [0.1, 0.15) is 5.69 Å². The Kier molecular flexibility index (Phi) is 4.74. The van der Waals surface area contributed by atoms with Crippen LogP contribution in [0.2, 0.25) is 0 Å². The Morgan fingerprint density at radius 1 is 1.08 bits per heavy atom. The lowest BCUT2D eigenvalue weighted by Gasteiger charge is -2.10. The second-order valence-corrected chi connectivity index (χ2v) is 6.50. The zero-order valence-electron chi connectivity index (χ0n) is 13.8. The van der Waals surface area contributed by atoms with Gasteiger partial charge in [0.05, 0.1) is 21.8 Å². The van der Waals surface area contributed by atoms with E-state index < -0.39 is 0 Å². The summed E-state index contributed by atoms with van der Waals surface area (Å²) in [5.41, 5.74) is 3.80. The van der Waals surface area contributed by atoms with E-state index in [2.05, 4.69) is 51.5 Å². The summed E-state index contributed by atoms with van der Waals surface area (Å²) in [6.45, 7) is 0.727. The molecule has 3 N–H and O–H groups in total. The largest absolute Gasteiger partial charge is 0.369 e. The molecule has 0 unspecified atom stereocenters. The monoisotopic (exact) mass is 409 g/mol.